The second kappa shape index (κ2) is 9.57. The summed E-state index contributed by atoms with van der Waals surface area (Å²) in [5, 5.41) is 6.20. The first-order chi connectivity index (χ1) is 15.1. The van der Waals surface area contributed by atoms with Crippen molar-refractivity contribution in [1.82, 2.24) is 14.9 Å². The van der Waals surface area contributed by atoms with Crippen molar-refractivity contribution in [3.63, 3.8) is 0 Å². The monoisotopic (exact) mass is 418 g/mol. The number of ether oxygens (including phenoxy) is 1. The van der Waals surface area contributed by atoms with E-state index in [1.54, 1.807) is 60.4 Å². The molecule has 1 aromatic carbocycles. The topological polar surface area (TPSA) is 85.2 Å². The van der Waals surface area contributed by atoms with Crippen LogP contribution in [-0.2, 0) is 6.54 Å². The second-order valence-corrected chi connectivity index (χ2v) is 7.81. The first-order valence-corrected chi connectivity index (χ1v) is 10.5. The number of aryl methyl sites for hydroxylation is 1. The molecule has 1 fully saturated rings. The van der Waals surface area contributed by atoms with E-state index >= 15 is 0 Å². The molecule has 1 unspecified atom stereocenters. The van der Waals surface area contributed by atoms with Gasteiger partial charge in [0.25, 0.3) is 11.5 Å². The minimum Gasteiger partial charge on any atom is -0.456 e. The van der Waals surface area contributed by atoms with Crippen molar-refractivity contribution in [2.45, 2.75) is 26.3 Å². The maximum atomic E-state index is 13.0. The molecule has 0 spiro atoms. The molecule has 31 heavy (non-hydrogen) atoms. The standard InChI is InChI=1S/C24H26N4O3/c1-17-10-13-28(16-18-4-2-11-25-14-18)24(30)22(17)23(29)27-19-6-8-20(9-7-19)31-21-5-3-12-26-15-21/h3,5-10,12-13,15,18,25H,2,4,11,14,16H2,1H3,(H,27,29). The first kappa shape index (κ1) is 20.8. The van der Waals surface area contributed by atoms with Crippen molar-refractivity contribution < 1.29 is 9.53 Å². The highest BCUT2D eigenvalue weighted by Gasteiger charge is 2.19. The Kier molecular flexibility index (Phi) is 6.43. The summed E-state index contributed by atoms with van der Waals surface area (Å²) >= 11 is 0. The van der Waals surface area contributed by atoms with Gasteiger partial charge in [-0.25, -0.2) is 0 Å². The van der Waals surface area contributed by atoms with Crippen LogP contribution >= 0.6 is 0 Å². The Morgan fingerprint density at radius 1 is 1.23 bits per heavy atom. The van der Waals surface area contributed by atoms with Gasteiger partial charge in [0.2, 0.25) is 0 Å². The maximum absolute atomic E-state index is 13.0. The van der Waals surface area contributed by atoms with Crippen LogP contribution in [-0.4, -0.2) is 28.5 Å². The van der Waals surface area contributed by atoms with Crippen LogP contribution in [0.5, 0.6) is 11.5 Å². The molecule has 3 heterocycles. The van der Waals surface area contributed by atoms with Crippen molar-refractivity contribution in [3.8, 4) is 11.5 Å². The van der Waals surface area contributed by atoms with E-state index in [4.69, 9.17) is 4.74 Å². The Balaban J connectivity index is 1.46. The molecular weight excluding hydrogens is 392 g/mol. The number of benzene rings is 1. The van der Waals surface area contributed by atoms with Gasteiger partial charge in [0.1, 0.15) is 17.1 Å². The molecule has 1 saturated heterocycles. The van der Waals surface area contributed by atoms with Crippen LogP contribution in [0.1, 0.15) is 28.8 Å². The number of amides is 1. The lowest BCUT2D eigenvalue weighted by Gasteiger charge is -2.23. The van der Waals surface area contributed by atoms with Crippen LogP contribution < -0.4 is 20.9 Å². The molecule has 0 saturated carbocycles. The SMILES string of the molecule is Cc1ccn(CC2CCCNC2)c(=O)c1C(=O)Nc1ccc(Oc2cccnc2)cc1. The summed E-state index contributed by atoms with van der Waals surface area (Å²) in [4.78, 5) is 29.9. The molecule has 2 N–H and O–H groups in total. The zero-order valence-electron chi connectivity index (χ0n) is 17.5. The van der Waals surface area contributed by atoms with Gasteiger partial charge in [-0.2, -0.15) is 0 Å². The number of carbonyl (C=O) groups excluding carboxylic acids is 1. The molecule has 160 valence electrons. The summed E-state index contributed by atoms with van der Waals surface area (Å²) in [6.07, 6.45) is 7.29. The van der Waals surface area contributed by atoms with E-state index in [1.165, 1.54) is 0 Å². The van der Waals surface area contributed by atoms with Crippen molar-refractivity contribution in [3.05, 3.63) is 82.5 Å². The summed E-state index contributed by atoms with van der Waals surface area (Å²) in [5.74, 6) is 1.26. The highest BCUT2D eigenvalue weighted by Crippen LogP contribution is 2.22. The summed E-state index contributed by atoms with van der Waals surface area (Å²) < 4.78 is 7.37. The lowest BCUT2D eigenvalue weighted by molar-refractivity contribution is 0.102. The van der Waals surface area contributed by atoms with E-state index in [0.29, 0.717) is 35.2 Å². The molecule has 1 aliphatic heterocycles. The van der Waals surface area contributed by atoms with Crippen LogP contribution in [0.3, 0.4) is 0 Å². The summed E-state index contributed by atoms with van der Waals surface area (Å²) in [6.45, 7) is 4.33. The predicted octanol–water partition coefficient (Wildman–Crippen LogP) is 3.60. The number of aromatic nitrogens is 2. The highest BCUT2D eigenvalue weighted by atomic mass is 16.5. The van der Waals surface area contributed by atoms with Gasteiger partial charge in [-0.3, -0.25) is 14.6 Å². The van der Waals surface area contributed by atoms with E-state index in [-0.39, 0.29) is 11.1 Å². The fourth-order valence-electron chi connectivity index (χ4n) is 3.79. The molecule has 4 rings (SSSR count). The molecule has 1 aliphatic rings. The maximum Gasteiger partial charge on any atom is 0.263 e. The zero-order chi connectivity index (χ0) is 21.6. The van der Waals surface area contributed by atoms with Gasteiger partial charge >= 0.3 is 0 Å². The molecule has 7 nitrogen and oxygen atoms in total. The van der Waals surface area contributed by atoms with Crippen molar-refractivity contribution in [2.24, 2.45) is 5.92 Å². The smallest absolute Gasteiger partial charge is 0.263 e. The van der Waals surface area contributed by atoms with Gasteiger partial charge in [0.05, 0.1) is 6.20 Å². The molecule has 0 radical (unpaired) electrons. The normalized spacial score (nSPS) is 16.0. The quantitative estimate of drug-likeness (QED) is 0.639. The van der Waals surface area contributed by atoms with Crippen LogP contribution in [0, 0.1) is 12.8 Å². The van der Waals surface area contributed by atoms with E-state index in [2.05, 4.69) is 15.6 Å². The number of carbonyl (C=O) groups is 1. The van der Waals surface area contributed by atoms with Crippen molar-refractivity contribution in [2.75, 3.05) is 18.4 Å². The molecule has 1 amide bonds. The lowest BCUT2D eigenvalue weighted by atomic mass is 9.99. The third-order valence-electron chi connectivity index (χ3n) is 5.44. The average Bonchev–Trinajstić information content (AvgIpc) is 2.79. The van der Waals surface area contributed by atoms with Crippen LogP contribution in [0.15, 0.2) is 65.8 Å². The summed E-state index contributed by atoms with van der Waals surface area (Å²) in [7, 11) is 0. The summed E-state index contributed by atoms with van der Waals surface area (Å²) in [5.41, 5.74) is 1.19. The van der Waals surface area contributed by atoms with Gasteiger partial charge in [-0.1, -0.05) is 0 Å². The molecular formula is C24H26N4O3. The Bertz CT molecular complexity index is 1090. The first-order valence-electron chi connectivity index (χ1n) is 10.5. The van der Waals surface area contributed by atoms with E-state index in [9.17, 15) is 9.59 Å². The van der Waals surface area contributed by atoms with Crippen molar-refractivity contribution >= 4 is 11.6 Å². The third kappa shape index (κ3) is 5.19. The van der Waals surface area contributed by atoms with E-state index < -0.39 is 5.91 Å². The largest absolute Gasteiger partial charge is 0.456 e. The summed E-state index contributed by atoms with van der Waals surface area (Å²) in [6, 6.07) is 12.4. The Morgan fingerprint density at radius 2 is 2.06 bits per heavy atom. The Labute approximate surface area is 181 Å². The van der Waals surface area contributed by atoms with Gasteiger partial charge in [-0.15, -0.1) is 0 Å². The van der Waals surface area contributed by atoms with Gasteiger partial charge < -0.3 is 19.9 Å². The van der Waals surface area contributed by atoms with Crippen LogP contribution in [0.4, 0.5) is 5.69 Å². The minimum atomic E-state index is -0.403. The van der Waals surface area contributed by atoms with Gasteiger partial charge in [0, 0.05) is 24.6 Å². The fourth-order valence-corrected chi connectivity index (χ4v) is 3.79. The number of hydrogen-bond donors (Lipinski definition) is 2. The van der Waals surface area contributed by atoms with Gasteiger partial charge in [-0.05, 0) is 86.8 Å². The van der Waals surface area contributed by atoms with Gasteiger partial charge in [0.15, 0.2) is 0 Å². The number of hydrogen-bond acceptors (Lipinski definition) is 5. The number of anilines is 1. The zero-order valence-corrected chi connectivity index (χ0v) is 17.5. The molecule has 2 aromatic heterocycles. The predicted molar refractivity (Wildman–Crippen MR) is 120 cm³/mol. The van der Waals surface area contributed by atoms with E-state index in [1.807, 2.05) is 12.1 Å². The molecule has 3 aromatic rings. The molecule has 0 aliphatic carbocycles. The highest BCUT2D eigenvalue weighted by molar-refractivity contribution is 6.05. The average molecular weight is 418 g/mol. The van der Waals surface area contributed by atoms with Crippen molar-refractivity contribution in [1.29, 1.82) is 0 Å². The number of nitrogens with one attached hydrogen (secondary N) is 2. The minimum absolute atomic E-state index is 0.182. The molecule has 7 heteroatoms. The molecule has 0 bridgehead atoms. The Hall–Kier alpha value is -3.45. The number of pyridine rings is 2. The fraction of sp³-hybridized carbons (Fsp3) is 0.292. The number of piperidine rings is 1. The lowest BCUT2D eigenvalue weighted by Crippen LogP contribution is -2.36. The number of rotatable bonds is 6. The van der Waals surface area contributed by atoms with Crippen LogP contribution in [0.25, 0.3) is 0 Å². The third-order valence-corrected chi connectivity index (χ3v) is 5.44. The van der Waals surface area contributed by atoms with E-state index in [0.717, 1.165) is 25.9 Å². The van der Waals surface area contributed by atoms with Crippen LogP contribution in [0.2, 0.25) is 0 Å². The molecule has 1 atom stereocenters. The number of nitrogens with zero attached hydrogens (tertiary/aromatic N) is 2. The second-order valence-electron chi connectivity index (χ2n) is 7.81. The Morgan fingerprint density at radius 3 is 2.77 bits per heavy atom.